The second-order valence-corrected chi connectivity index (χ2v) is 8.40. The first-order chi connectivity index (χ1) is 14.9. The van der Waals surface area contributed by atoms with Crippen LogP contribution in [-0.4, -0.2) is 49.4 Å². The van der Waals surface area contributed by atoms with Gasteiger partial charge in [0, 0.05) is 38.1 Å². The number of amides is 2. The molecule has 2 atom stereocenters. The molecule has 0 saturated carbocycles. The first-order valence-electron chi connectivity index (χ1n) is 10.6. The summed E-state index contributed by atoms with van der Waals surface area (Å²) in [6.07, 6.45) is -1.06. The fraction of sp³-hybridized carbons (Fsp3) is 0.500. The van der Waals surface area contributed by atoms with Crippen LogP contribution in [-0.2, 0) is 0 Å². The second-order valence-electron chi connectivity index (χ2n) is 8.40. The van der Waals surface area contributed by atoms with Crippen molar-refractivity contribution in [2.45, 2.75) is 46.3 Å². The van der Waals surface area contributed by atoms with Gasteiger partial charge in [0.25, 0.3) is 0 Å². The van der Waals surface area contributed by atoms with Crippen LogP contribution in [0.4, 0.5) is 40.8 Å². The number of aromatic nitrogens is 1. The number of anilines is 4. The number of hydrogen-bond donors (Lipinski definition) is 1. The number of urea groups is 1. The molecule has 2 saturated heterocycles. The molecule has 9 heteroatoms. The fourth-order valence-electron chi connectivity index (χ4n) is 4.90. The zero-order chi connectivity index (χ0) is 21.6. The van der Waals surface area contributed by atoms with Crippen molar-refractivity contribution in [1.29, 1.82) is 0 Å². The Morgan fingerprint density at radius 1 is 1.00 bits per heavy atom. The second kappa shape index (κ2) is 9.49. The molecule has 6 nitrogen and oxygen atoms in total. The summed E-state index contributed by atoms with van der Waals surface area (Å²) in [5.41, 5.74) is 2.41. The molecule has 1 aromatic heterocycles. The molecule has 3 aliphatic heterocycles. The van der Waals surface area contributed by atoms with Gasteiger partial charge in [-0.3, -0.25) is 10.2 Å². The van der Waals surface area contributed by atoms with E-state index in [0.29, 0.717) is 18.8 Å². The highest BCUT2D eigenvalue weighted by molar-refractivity contribution is 6.05. The average Bonchev–Trinajstić information content (AvgIpc) is 3.18. The number of rotatable bonds is 2. The number of carbonyl (C=O) groups is 1. The zero-order valence-corrected chi connectivity index (χ0v) is 17.0. The molecule has 3 aliphatic rings. The Kier molecular flexibility index (Phi) is 7.09. The number of fused-ring (bicyclic) bond motifs is 4. The summed E-state index contributed by atoms with van der Waals surface area (Å²) >= 11 is 0. The van der Waals surface area contributed by atoms with E-state index in [0.717, 1.165) is 36.6 Å². The molecule has 0 radical (unpaired) electrons. The number of benzene rings is 1. The van der Waals surface area contributed by atoms with Crippen molar-refractivity contribution >= 4 is 28.9 Å². The van der Waals surface area contributed by atoms with E-state index in [1.807, 2.05) is 18.2 Å². The first-order valence-corrected chi connectivity index (χ1v) is 10.6. The smallest absolute Gasteiger partial charge is 0.371 e. The molecule has 5 rings (SSSR count). The van der Waals surface area contributed by atoms with Gasteiger partial charge in [-0.25, -0.2) is 9.78 Å². The molecule has 4 heterocycles. The maximum atomic E-state index is 13.3. The molecule has 2 bridgehead atoms. The maximum absolute atomic E-state index is 13.3. The van der Waals surface area contributed by atoms with Crippen LogP contribution in [0, 0.1) is 5.92 Å². The maximum Gasteiger partial charge on any atom is 0.393 e. The third-order valence-electron chi connectivity index (χ3n) is 6.46. The Bertz CT molecular complexity index is 968. The molecule has 33 heavy (non-hydrogen) atoms. The summed E-state index contributed by atoms with van der Waals surface area (Å²) < 4.78 is 39.9. The SMILES string of the molecule is C.C.O=C(Nc1ccccn1)N1c2cc(N3CCC[C@H](C(F)(F)F)C3)ccc2N2CC[C@H]1C2. The molecule has 0 aliphatic carbocycles. The van der Waals surface area contributed by atoms with Gasteiger partial charge in [-0.05, 0) is 49.6 Å². The molecule has 180 valence electrons. The Labute approximate surface area is 193 Å². The van der Waals surface area contributed by atoms with Crippen molar-refractivity contribution in [3.63, 3.8) is 0 Å². The number of nitrogens with one attached hydrogen (secondary N) is 1. The van der Waals surface area contributed by atoms with Crippen molar-refractivity contribution in [2.24, 2.45) is 5.92 Å². The predicted molar refractivity (Wildman–Crippen MR) is 127 cm³/mol. The summed E-state index contributed by atoms with van der Waals surface area (Å²) in [6, 6.07) is 10.7. The number of pyridine rings is 1. The van der Waals surface area contributed by atoms with Gasteiger partial charge < -0.3 is 9.80 Å². The number of piperidine rings is 1. The Morgan fingerprint density at radius 3 is 2.55 bits per heavy atom. The minimum atomic E-state index is -4.19. The Balaban J connectivity index is 0.00000153. The molecule has 0 unspecified atom stereocenters. The highest BCUT2D eigenvalue weighted by atomic mass is 19.4. The largest absolute Gasteiger partial charge is 0.393 e. The van der Waals surface area contributed by atoms with Crippen LogP contribution >= 0.6 is 0 Å². The molecular weight excluding hydrogens is 431 g/mol. The number of alkyl halides is 3. The van der Waals surface area contributed by atoms with Gasteiger partial charge in [-0.2, -0.15) is 13.2 Å². The molecule has 2 fully saturated rings. The van der Waals surface area contributed by atoms with Crippen LogP contribution < -0.4 is 20.0 Å². The van der Waals surface area contributed by atoms with Crippen molar-refractivity contribution in [1.82, 2.24) is 4.98 Å². The topological polar surface area (TPSA) is 51.7 Å². The minimum Gasteiger partial charge on any atom is -0.371 e. The normalized spacial score (nSPS) is 21.6. The van der Waals surface area contributed by atoms with Gasteiger partial charge in [0.05, 0.1) is 23.3 Å². The van der Waals surface area contributed by atoms with E-state index < -0.39 is 12.1 Å². The van der Waals surface area contributed by atoms with Gasteiger partial charge in [0.2, 0.25) is 0 Å². The molecule has 1 aromatic carbocycles. The number of carbonyl (C=O) groups excluding carboxylic acids is 1. The van der Waals surface area contributed by atoms with Crippen LogP contribution in [0.3, 0.4) is 0 Å². The number of halogens is 3. The van der Waals surface area contributed by atoms with Crippen molar-refractivity contribution in [3.05, 3.63) is 42.6 Å². The van der Waals surface area contributed by atoms with Gasteiger partial charge in [0.1, 0.15) is 5.82 Å². The van der Waals surface area contributed by atoms with Crippen LogP contribution in [0.25, 0.3) is 0 Å². The lowest BCUT2D eigenvalue weighted by Gasteiger charge is -2.39. The van der Waals surface area contributed by atoms with E-state index in [2.05, 4.69) is 15.2 Å². The zero-order valence-electron chi connectivity index (χ0n) is 17.0. The highest BCUT2D eigenvalue weighted by Crippen LogP contribution is 2.43. The third-order valence-corrected chi connectivity index (χ3v) is 6.46. The van der Waals surface area contributed by atoms with Crippen molar-refractivity contribution in [2.75, 3.05) is 46.2 Å². The van der Waals surface area contributed by atoms with Crippen molar-refractivity contribution in [3.8, 4) is 0 Å². The summed E-state index contributed by atoms with van der Waals surface area (Å²) in [5.74, 6) is -0.851. The van der Waals surface area contributed by atoms with Crippen LogP contribution in [0.5, 0.6) is 0 Å². The molecule has 2 aromatic rings. The van der Waals surface area contributed by atoms with E-state index in [1.165, 1.54) is 0 Å². The van der Waals surface area contributed by atoms with E-state index in [1.54, 1.807) is 34.2 Å². The summed E-state index contributed by atoms with van der Waals surface area (Å²) in [7, 11) is 0. The molecule has 2 amide bonds. The number of hydrogen-bond acceptors (Lipinski definition) is 4. The highest BCUT2D eigenvalue weighted by Gasteiger charge is 2.43. The van der Waals surface area contributed by atoms with Gasteiger partial charge in [0.15, 0.2) is 0 Å². The molecular formula is C24H32F3N5O. The first kappa shape index (κ1) is 24.7. The van der Waals surface area contributed by atoms with E-state index >= 15 is 0 Å². The van der Waals surface area contributed by atoms with Gasteiger partial charge in [-0.15, -0.1) is 0 Å². The third kappa shape index (κ3) is 4.72. The quantitative estimate of drug-likeness (QED) is 0.615. The van der Waals surface area contributed by atoms with Crippen LogP contribution in [0.1, 0.15) is 34.1 Å². The standard InChI is InChI=1S/C22H24F3N5O.2CH4/c23-22(24,25)15-4-3-10-28(13-15)16-6-7-18-19(12-16)30(17-8-11-29(18)14-17)21(31)27-20-5-1-2-9-26-20;;/h1-2,5-7,9,12,15,17H,3-4,8,10-11,13-14H2,(H,26,27,31);2*1H4/t15-,17-;;/m0../s1. The predicted octanol–water partition coefficient (Wildman–Crippen LogP) is 5.76. The van der Waals surface area contributed by atoms with Gasteiger partial charge >= 0.3 is 12.2 Å². The average molecular weight is 464 g/mol. The van der Waals surface area contributed by atoms with E-state index in [-0.39, 0.29) is 39.9 Å². The summed E-state index contributed by atoms with van der Waals surface area (Å²) in [4.78, 5) is 23.1. The van der Waals surface area contributed by atoms with Crippen LogP contribution in [0.2, 0.25) is 0 Å². The van der Waals surface area contributed by atoms with Gasteiger partial charge in [-0.1, -0.05) is 20.9 Å². The summed E-state index contributed by atoms with van der Waals surface area (Å²) in [6.45, 7) is 2.14. The monoisotopic (exact) mass is 463 g/mol. The number of nitrogens with zero attached hydrogens (tertiary/aromatic N) is 4. The van der Waals surface area contributed by atoms with Crippen molar-refractivity contribution < 1.29 is 18.0 Å². The fourth-order valence-corrected chi connectivity index (χ4v) is 4.90. The molecule has 0 spiro atoms. The lowest BCUT2D eigenvalue weighted by atomic mass is 9.96. The lowest BCUT2D eigenvalue weighted by molar-refractivity contribution is -0.175. The summed E-state index contributed by atoms with van der Waals surface area (Å²) in [5, 5.41) is 2.86. The minimum absolute atomic E-state index is 0. The Hall–Kier alpha value is -2.97. The van der Waals surface area contributed by atoms with E-state index in [9.17, 15) is 18.0 Å². The Morgan fingerprint density at radius 2 is 1.82 bits per heavy atom. The van der Waals surface area contributed by atoms with Crippen LogP contribution in [0.15, 0.2) is 42.6 Å². The van der Waals surface area contributed by atoms with E-state index in [4.69, 9.17) is 0 Å². The molecule has 1 N–H and O–H groups in total. The lowest BCUT2D eigenvalue weighted by Crippen LogP contribution is -2.48.